The summed E-state index contributed by atoms with van der Waals surface area (Å²) in [5.41, 5.74) is 0. The number of carboxylic acids is 1. The fourth-order valence-electron chi connectivity index (χ4n) is 1.47. The van der Waals surface area contributed by atoms with Crippen molar-refractivity contribution in [1.29, 1.82) is 0 Å². The molecule has 0 aromatic heterocycles. The molecule has 2 rings (SSSR count). The molecule has 0 saturated heterocycles. The summed E-state index contributed by atoms with van der Waals surface area (Å²) in [7, 11) is 0. The number of carboxylic acid groups (broad SMARTS) is 1. The minimum Gasteiger partial charge on any atom is -0.481 e. The van der Waals surface area contributed by atoms with Crippen LogP contribution in [0.2, 0.25) is 0 Å². The van der Waals surface area contributed by atoms with Crippen molar-refractivity contribution in [3.05, 3.63) is 18.2 Å². The molecule has 1 aliphatic rings. The Morgan fingerprint density at radius 3 is 3.00 bits per heavy atom. The molecule has 0 saturated carbocycles. The molecule has 0 radical (unpaired) electrons. The maximum atomic E-state index is 10.5. The molecular weight excluding hydrogens is 228 g/mol. The minimum atomic E-state index is -0.777. The number of aliphatic carboxylic acids is 1. The van der Waals surface area contributed by atoms with E-state index >= 15 is 0 Å². The molecule has 1 aliphatic heterocycles. The zero-order chi connectivity index (χ0) is 11.5. The summed E-state index contributed by atoms with van der Waals surface area (Å²) in [6.45, 7) is 2.15. The average molecular weight is 240 g/mol. The third-order valence-electron chi connectivity index (χ3n) is 2.14. The second-order valence-corrected chi connectivity index (χ2v) is 5.05. The van der Waals surface area contributed by atoms with Gasteiger partial charge in [-0.15, -0.1) is 11.8 Å². The van der Waals surface area contributed by atoms with Gasteiger partial charge in [-0.1, -0.05) is 6.92 Å². The number of thioether (sulfide) groups is 1. The highest BCUT2D eigenvalue weighted by Crippen LogP contribution is 2.37. The summed E-state index contributed by atoms with van der Waals surface area (Å²) in [5, 5.41) is 8.70. The predicted octanol–water partition coefficient (Wildman–Crippen LogP) is 2.37. The van der Waals surface area contributed by atoms with Crippen LogP contribution in [-0.2, 0) is 4.79 Å². The van der Waals surface area contributed by atoms with E-state index in [0.29, 0.717) is 0 Å². The number of fused-ring (bicyclic) bond motifs is 1. The van der Waals surface area contributed by atoms with Crippen LogP contribution in [0.25, 0.3) is 0 Å². The fourth-order valence-corrected chi connectivity index (χ4v) is 2.48. The molecule has 1 aromatic rings. The van der Waals surface area contributed by atoms with Gasteiger partial charge < -0.3 is 14.6 Å². The van der Waals surface area contributed by atoms with Gasteiger partial charge in [-0.2, -0.15) is 0 Å². The number of carbonyl (C=O) groups is 1. The Morgan fingerprint density at radius 2 is 2.25 bits per heavy atom. The maximum Gasteiger partial charge on any atom is 0.304 e. The van der Waals surface area contributed by atoms with Crippen LogP contribution in [-0.4, -0.2) is 23.1 Å². The van der Waals surface area contributed by atoms with Gasteiger partial charge >= 0.3 is 5.97 Å². The molecule has 5 heteroatoms. The number of rotatable bonds is 4. The van der Waals surface area contributed by atoms with Gasteiger partial charge in [0.05, 0.1) is 6.42 Å². The quantitative estimate of drug-likeness (QED) is 0.819. The topological polar surface area (TPSA) is 55.8 Å². The van der Waals surface area contributed by atoms with Crippen molar-refractivity contribution in [2.45, 2.75) is 23.5 Å². The molecule has 0 aliphatic carbocycles. The highest BCUT2D eigenvalue weighted by Gasteiger charge is 2.15. The van der Waals surface area contributed by atoms with Crippen LogP contribution in [0.3, 0.4) is 0 Å². The molecule has 0 fully saturated rings. The number of hydrogen-bond acceptors (Lipinski definition) is 4. The molecule has 16 heavy (non-hydrogen) atoms. The van der Waals surface area contributed by atoms with E-state index < -0.39 is 5.97 Å². The van der Waals surface area contributed by atoms with Gasteiger partial charge in [-0.05, 0) is 18.2 Å². The van der Waals surface area contributed by atoms with Crippen molar-refractivity contribution in [2.24, 2.45) is 0 Å². The number of hydrogen-bond donors (Lipinski definition) is 1. The Morgan fingerprint density at radius 1 is 1.50 bits per heavy atom. The lowest BCUT2D eigenvalue weighted by Gasteiger charge is -2.08. The molecule has 1 aromatic carbocycles. The minimum absolute atomic E-state index is 0.0397. The van der Waals surface area contributed by atoms with Gasteiger partial charge in [0.2, 0.25) is 6.79 Å². The Balaban J connectivity index is 2.02. The van der Waals surface area contributed by atoms with Crippen molar-refractivity contribution < 1.29 is 19.4 Å². The zero-order valence-electron chi connectivity index (χ0n) is 8.80. The smallest absolute Gasteiger partial charge is 0.304 e. The Labute approximate surface area is 97.6 Å². The first-order valence-corrected chi connectivity index (χ1v) is 5.81. The molecule has 1 unspecified atom stereocenters. The highest BCUT2D eigenvalue weighted by molar-refractivity contribution is 8.00. The van der Waals surface area contributed by atoms with Gasteiger partial charge in [-0.25, -0.2) is 0 Å². The monoisotopic (exact) mass is 240 g/mol. The normalized spacial score (nSPS) is 14.8. The summed E-state index contributed by atoms with van der Waals surface area (Å²) in [6, 6.07) is 5.64. The van der Waals surface area contributed by atoms with Crippen LogP contribution in [0, 0.1) is 0 Å². The molecule has 1 N–H and O–H groups in total. The lowest BCUT2D eigenvalue weighted by Crippen LogP contribution is -2.05. The van der Waals surface area contributed by atoms with E-state index in [1.807, 2.05) is 25.1 Å². The van der Waals surface area contributed by atoms with E-state index in [4.69, 9.17) is 14.6 Å². The van der Waals surface area contributed by atoms with Gasteiger partial charge in [0.25, 0.3) is 0 Å². The van der Waals surface area contributed by atoms with Gasteiger partial charge in [-0.3, -0.25) is 4.79 Å². The molecule has 0 spiro atoms. The van der Waals surface area contributed by atoms with Crippen LogP contribution in [0.5, 0.6) is 11.5 Å². The van der Waals surface area contributed by atoms with E-state index in [9.17, 15) is 4.79 Å². The largest absolute Gasteiger partial charge is 0.481 e. The number of ether oxygens (including phenoxy) is 2. The van der Waals surface area contributed by atoms with Gasteiger partial charge in [0.1, 0.15) is 0 Å². The third-order valence-corrected chi connectivity index (χ3v) is 3.24. The van der Waals surface area contributed by atoms with Crippen molar-refractivity contribution >= 4 is 17.7 Å². The van der Waals surface area contributed by atoms with Gasteiger partial charge in [0, 0.05) is 10.1 Å². The highest BCUT2D eigenvalue weighted by atomic mass is 32.2. The summed E-state index contributed by atoms with van der Waals surface area (Å²) in [5.74, 6) is 0.698. The van der Waals surface area contributed by atoms with E-state index in [1.165, 1.54) is 11.8 Å². The predicted molar refractivity (Wildman–Crippen MR) is 60.1 cm³/mol. The summed E-state index contributed by atoms with van der Waals surface area (Å²) in [6.07, 6.45) is 0.152. The van der Waals surface area contributed by atoms with Crippen molar-refractivity contribution in [1.82, 2.24) is 0 Å². The van der Waals surface area contributed by atoms with E-state index in [2.05, 4.69) is 0 Å². The van der Waals surface area contributed by atoms with E-state index in [1.54, 1.807) is 0 Å². The summed E-state index contributed by atoms with van der Waals surface area (Å²) < 4.78 is 10.4. The maximum absolute atomic E-state index is 10.5. The molecule has 1 heterocycles. The summed E-state index contributed by atoms with van der Waals surface area (Å²) >= 11 is 1.52. The van der Waals surface area contributed by atoms with Crippen molar-refractivity contribution in [2.75, 3.05) is 6.79 Å². The van der Waals surface area contributed by atoms with Gasteiger partial charge in [0.15, 0.2) is 11.5 Å². The SMILES string of the molecule is CC(CC(=O)O)Sc1ccc2c(c1)OCO2. The van der Waals surface area contributed by atoms with Crippen LogP contribution in [0.1, 0.15) is 13.3 Å². The standard InChI is InChI=1S/C11H12O4S/c1-7(4-11(12)13)16-8-2-3-9-10(5-8)15-6-14-9/h2-3,5,7H,4,6H2,1H3,(H,12,13). The van der Waals surface area contributed by atoms with Crippen LogP contribution < -0.4 is 9.47 Å². The van der Waals surface area contributed by atoms with E-state index in [-0.39, 0.29) is 18.5 Å². The van der Waals surface area contributed by atoms with Crippen LogP contribution in [0.15, 0.2) is 23.1 Å². The summed E-state index contributed by atoms with van der Waals surface area (Å²) in [4.78, 5) is 11.5. The zero-order valence-corrected chi connectivity index (χ0v) is 9.62. The first-order valence-electron chi connectivity index (χ1n) is 4.93. The fraction of sp³-hybridized carbons (Fsp3) is 0.364. The molecule has 1 atom stereocenters. The number of benzene rings is 1. The second kappa shape index (κ2) is 4.65. The molecule has 86 valence electrons. The Kier molecular flexibility index (Phi) is 3.24. The molecule has 4 nitrogen and oxygen atoms in total. The third kappa shape index (κ3) is 2.61. The second-order valence-electron chi connectivity index (χ2n) is 3.54. The molecule has 0 amide bonds. The van der Waals surface area contributed by atoms with Crippen LogP contribution in [0.4, 0.5) is 0 Å². The first-order chi connectivity index (χ1) is 7.65. The first kappa shape index (κ1) is 11.1. The van der Waals surface area contributed by atoms with Crippen LogP contribution >= 0.6 is 11.8 Å². The van der Waals surface area contributed by atoms with Crippen molar-refractivity contribution in [3.63, 3.8) is 0 Å². The Hall–Kier alpha value is -1.36. The van der Waals surface area contributed by atoms with E-state index in [0.717, 1.165) is 16.4 Å². The molecule has 0 bridgehead atoms. The lowest BCUT2D eigenvalue weighted by molar-refractivity contribution is -0.136. The van der Waals surface area contributed by atoms with Crippen molar-refractivity contribution in [3.8, 4) is 11.5 Å². The molecular formula is C11H12O4S. The Bertz CT molecular complexity index is 405. The lowest BCUT2D eigenvalue weighted by atomic mass is 10.3. The average Bonchev–Trinajstić information content (AvgIpc) is 2.63.